The third-order valence-electron chi connectivity index (χ3n) is 2.50. The summed E-state index contributed by atoms with van der Waals surface area (Å²) < 4.78 is 47.3. The second-order valence-electron chi connectivity index (χ2n) is 3.95. The van der Waals surface area contributed by atoms with Crippen molar-refractivity contribution in [3.8, 4) is 11.5 Å². The van der Waals surface area contributed by atoms with E-state index in [9.17, 15) is 13.2 Å². The molecule has 2 rings (SSSR count). The molecule has 1 aliphatic rings. The van der Waals surface area contributed by atoms with Crippen LogP contribution < -0.4 is 15.2 Å². The Morgan fingerprint density at radius 3 is 2.61 bits per heavy atom. The summed E-state index contributed by atoms with van der Waals surface area (Å²) in [4.78, 5) is 0. The average molecular weight is 282 g/mol. The standard InChI is InChI=1S/C11H11ClF3NO2/c12-7-3-6(8(16)5-11(13,14)15)4-9-10(7)18-2-1-17-9/h3-4,8H,1-2,5,16H2/t8-/m0/s1. The van der Waals surface area contributed by atoms with E-state index in [2.05, 4.69) is 0 Å². The van der Waals surface area contributed by atoms with Crippen LogP contribution in [0.3, 0.4) is 0 Å². The average Bonchev–Trinajstić information content (AvgIpc) is 2.26. The molecule has 1 aromatic carbocycles. The lowest BCUT2D eigenvalue weighted by Crippen LogP contribution is -2.21. The van der Waals surface area contributed by atoms with Gasteiger partial charge in [0.15, 0.2) is 11.5 Å². The van der Waals surface area contributed by atoms with Crippen molar-refractivity contribution in [3.63, 3.8) is 0 Å². The van der Waals surface area contributed by atoms with Crippen LogP contribution in [-0.4, -0.2) is 19.4 Å². The van der Waals surface area contributed by atoms with Crippen LogP contribution in [0.25, 0.3) is 0 Å². The van der Waals surface area contributed by atoms with Gasteiger partial charge >= 0.3 is 6.18 Å². The molecule has 0 unspecified atom stereocenters. The molecule has 1 heterocycles. The van der Waals surface area contributed by atoms with E-state index in [1.807, 2.05) is 0 Å². The Labute approximate surface area is 107 Å². The molecule has 0 saturated heterocycles. The molecule has 100 valence electrons. The van der Waals surface area contributed by atoms with Crippen molar-refractivity contribution in [2.75, 3.05) is 13.2 Å². The van der Waals surface area contributed by atoms with Crippen LogP contribution in [0.15, 0.2) is 12.1 Å². The van der Waals surface area contributed by atoms with Gasteiger partial charge in [0.2, 0.25) is 0 Å². The first kappa shape index (κ1) is 13.3. The zero-order chi connectivity index (χ0) is 13.3. The SMILES string of the molecule is N[C@@H](CC(F)(F)F)c1cc(Cl)c2c(c1)OCCO2. The number of hydrogen-bond donors (Lipinski definition) is 1. The number of alkyl halides is 3. The third-order valence-corrected chi connectivity index (χ3v) is 2.78. The Balaban J connectivity index is 2.26. The summed E-state index contributed by atoms with van der Waals surface area (Å²) in [6.07, 6.45) is -5.43. The van der Waals surface area contributed by atoms with E-state index in [1.54, 1.807) is 0 Å². The molecule has 1 aromatic rings. The Bertz CT molecular complexity index is 451. The Morgan fingerprint density at radius 2 is 1.94 bits per heavy atom. The molecular weight excluding hydrogens is 271 g/mol. The number of nitrogens with two attached hydrogens (primary N) is 1. The first-order valence-electron chi connectivity index (χ1n) is 5.28. The molecule has 0 aliphatic carbocycles. The Hall–Kier alpha value is -1.14. The maximum atomic E-state index is 12.3. The van der Waals surface area contributed by atoms with Crippen LogP contribution in [0.4, 0.5) is 13.2 Å². The molecule has 18 heavy (non-hydrogen) atoms. The van der Waals surface area contributed by atoms with E-state index >= 15 is 0 Å². The zero-order valence-corrected chi connectivity index (χ0v) is 10.0. The van der Waals surface area contributed by atoms with Crippen molar-refractivity contribution in [3.05, 3.63) is 22.7 Å². The number of benzene rings is 1. The van der Waals surface area contributed by atoms with E-state index in [4.69, 9.17) is 26.8 Å². The maximum absolute atomic E-state index is 12.3. The second kappa shape index (κ2) is 4.85. The molecule has 3 nitrogen and oxygen atoms in total. The molecule has 0 spiro atoms. The first-order chi connectivity index (χ1) is 8.37. The maximum Gasteiger partial charge on any atom is 0.390 e. The van der Waals surface area contributed by atoms with Gasteiger partial charge in [0, 0.05) is 6.04 Å². The van der Waals surface area contributed by atoms with Gasteiger partial charge in [-0.25, -0.2) is 0 Å². The van der Waals surface area contributed by atoms with Gasteiger partial charge in [-0.3, -0.25) is 0 Å². The van der Waals surface area contributed by atoms with Gasteiger partial charge in [0.1, 0.15) is 13.2 Å². The Kier molecular flexibility index (Phi) is 3.59. The molecule has 7 heteroatoms. The fourth-order valence-electron chi connectivity index (χ4n) is 1.71. The van der Waals surface area contributed by atoms with Gasteiger partial charge < -0.3 is 15.2 Å². The van der Waals surface area contributed by atoms with Crippen molar-refractivity contribution < 1.29 is 22.6 Å². The van der Waals surface area contributed by atoms with Gasteiger partial charge in [-0.1, -0.05) is 11.6 Å². The first-order valence-corrected chi connectivity index (χ1v) is 5.66. The monoisotopic (exact) mass is 281 g/mol. The predicted molar refractivity (Wildman–Crippen MR) is 60.0 cm³/mol. The van der Waals surface area contributed by atoms with Crippen LogP contribution in [0, 0.1) is 0 Å². The highest BCUT2D eigenvalue weighted by atomic mass is 35.5. The largest absolute Gasteiger partial charge is 0.486 e. The molecule has 1 aliphatic heterocycles. The van der Waals surface area contributed by atoms with Gasteiger partial charge in [-0.05, 0) is 17.7 Å². The summed E-state index contributed by atoms with van der Waals surface area (Å²) >= 11 is 5.92. The number of rotatable bonds is 2. The minimum absolute atomic E-state index is 0.208. The van der Waals surface area contributed by atoms with Crippen molar-refractivity contribution in [1.82, 2.24) is 0 Å². The van der Waals surface area contributed by atoms with Crippen LogP contribution in [0.2, 0.25) is 5.02 Å². The van der Waals surface area contributed by atoms with Gasteiger partial charge in [0.05, 0.1) is 11.4 Å². The van der Waals surface area contributed by atoms with Crippen LogP contribution in [0.1, 0.15) is 18.0 Å². The van der Waals surface area contributed by atoms with Crippen molar-refractivity contribution in [2.24, 2.45) is 5.73 Å². The zero-order valence-electron chi connectivity index (χ0n) is 9.26. The minimum atomic E-state index is -4.32. The van der Waals surface area contributed by atoms with E-state index in [1.165, 1.54) is 12.1 Å². The molecule has 0 amide bonds. The van der Waals surface area contributed by atoms with E-state index in [0.717, 1.165) is 0 Å². The van der Waals surface area contributed by atoms with Crippen LogP contribution in [-0.2, 0) is 0 Å². The van der Waals surface area contributed by atoms with E-state index in [-0.39, 0.29) is 10.6 Å². The molecule has 0 radical (unpaired) electrons. The molecule has 0 aromatic heterocycles. The van der Waals surface area contributed by atoms with Gasteiger partial charge in [-0.2, -0.15) is 13.2 Å². The summed E-state index contributed by atoms with van der Waals surface area (Å²) in [7, 11) is 0. The highest BCUT2D eigenvalue weighted by Gasteiger charge is 2.31. The highest BCUT2D eigenvalue weighted by Crippen LogP contribution is 2.40. The van der Waals surface area contributed by atoms with Gasteiger partial charge in [0.25, 0.3) is 0 Å². The van der Waals surface area contributed by atoms with Crippen molar-refractivity contribution >= 4 is 11.6 Å². The van der Waals surface area contributed by atoms with E-state index < -0.39 is 18.6 Å². The van der Waals surface area contributed by atoms with Crippen molar-refractivity contribution in [1.29, 1.82) is 0 Å². The van der Waals surface area contributed by atoms with Gasteiger partial charge in [-0.15, -0.1) is 0 Å². The summed E-state index contributed by atoms with van der Waals surface area (Å²) in [5.41, 5.74) is 5.79. The number of ether oxygens (including phenoxy) is 2. The molecule has 2 N–H and O–H groups in total. The number of halogens is 4. The fourth-order valence-corrected chi connectivity index (χ4v) is 1.99. The molecule has 0 fully saturated rings. The quantitative estimate of drug-likeness (QED) is 0.906. The lowest BCUT2D eigenvalue weighted by Gasteiger charge is -2.22. The number of fused-ring (bicyclic) bond motifs is 1. The van der Waals surface area contributed by atoms with Crippen LogP contribution in [0.5, 0.6) is 11.5 Å². The second-order valence-corrected chi connectivity index (χ2v) is 4.36. The lowest BCUT2D eigenvalue weighted by atomic mass is 10.0. The predicted octanol–water partition coefficient (Wildman–Crippen LogP) is 3.06. The third kappa shape index (κ3) is 3.00. The molecule has 0 bridgehead atoms. The fraction of sp³-hybridized carbons (Fsp3) is 0.455. The summed E-state index contributed by atoms with van der Waals surface area (Å²) in [6.45, 7) is 0.696. The molecule has 0 saturated carbocycles. The van der Waals surface area contributed by atoms with E-state index in [0.29, 0.717) is 24.7 Å². The highest BCUT2D eigenvalue weighted by molar-refractivity contribution is 6.32. The Morgan fingerprint density at radius 1 is 1.28 bits per heavy atom. The van der Waals surface area contributed by atoms with Crippen LogP contribution >= 0.6 is 11.6 Å². The summed E-state index contributed by atoms with van der Waals surface area (Å²) in [5, 5.41) is 0.208. The molecular formula is C11H11ClF3NO2. The summed E-state index contributed by atoms with van der Waals surface area (Å²) in [5.74, 6) is 0.687. The lowest BCUT2D eigenvalue weighted by molar-refractivity contribution is -0.138. The van der Waals surface area contributed by atoms with Crippen molar-refractivity contribution in [2.45, 2.75) is 18.6 Å². The number of hydrogen-bond acceptors (Lipinski definition) is 3. The minimum Gasteiger partial charge on any atom is -0.486 e. The summed E-state index contributed by atoms with van der Waals surface area (Å²) in [6, 6.07) is 1.65. The normalized spacial score (nSPS) is 16.5. The topological polar surface area (TPSA) is 44.5 Å². The smallest absolute Gasteiger partial charge is 0.390 e. The molecule has 1 atom stereocenters.